The molecule has 0 unspecified atom stereocenters. The minimum Gasteiger partial charge on any atom is -0.389 e. The summed E-state index contributed by atoms with van der Waals surface area (Å²) in [6.45, 7) is 2.78. The topological polar surface area (TPSA) is 84.6 Å². The Bertz CT molecular complexity index is 896. The second-order valence-corrected chi connectivity index (χ2v) is 6.16. The van der Waals surface area contributed by atoms with E-state index >= 15 is 0 Å². The van der Waals surface area contributed by atoms with E-state index in [2.05, 4.69) is 20.4 Å². The number of nitrogens with zero attached hydrogens (tertiary/aromatic N) is 4. The highest BCUT2D eigenvalue weighted by Gasteiger charge is 2.24. The summed E-state index contributed by atoms with van der Waals surface area (Å²) in [4.78, 5) is 8.51. The summed E-state index contributed by atoms with van der Waals surface area (Å²) in [7, 11) is 0. The van der Waals surface area contributed by atoms with Gasteiger partial charge in [0.2, 0.25) is 5.95 Å². The van der Waals surface area contributed by atoms with Gasteiger partial charge in [-0.05, 0) is 25.0 Å². The van der Waals surface area contributed by atoms with Gasteiger partial charge >= 0.3 is 0 Å². The van der Waals surface area contributed by atoms with Crippen LogP contribution < -0.4 is 5.32 Å². The lowest BCUT2D eigenvalue weighted by Crippen LogP contribution is -2.42. The maximum atomic E-state index is 14.2. The van der Waals surface area contributed by atoms with Gasteiger partial charge in [-0.25, -0.2) is 13.9 Å². The van der Waals surface area contributed by atoms with Gasteiger partial charge in [-0.2, -0.15) is 0 Å². The predicted octanol–water partition coefficient (Wildman–Crippen LogP) is 1.80. The van der Waals surface area contributed by atoms with Crippen molar-refractivity contribution in [2.45, 2.75) is 25.5 Å². The van der Waals surface area contributed by atoms with Crippen LogP contribution in [0.1, 0.15) is 12.0 Å². The zero-order valence-corrected chi connectivity index (χ0v) is 13.7. The Labute approximate surface area is 143 Å². The summed E-state index contributed by atoms with van der Waals surface area (Å²) >= 11 is 0. The number of nitrogens with one attached hydrogen (secondary N) is 1. The van der Waals surface area contributed by atoms with E-state index < -0.39 is 11.9 Å². The first-order valence-electron chi connectivity index (χ1n) is 8.11. The van der Waals surface area contributed by atoms with Crippen molar-refractivity contribution < 1.29 is 14.2 Å². The van der Waals surface area contributed by atoms with Gasteiger partial charge in [-0.3, -0.25) is 4.98 Å². The third-order valence-corrected chi connectivity index (χ3v) is 4.28. The first kappa shape index (κ1) is 15.9. The van der Waals surface area contributed by atoms with Crippen LogP contribution in [0.5, 0.6) is 0 Å². The molecule has 4 rings (SSSR count). The van der Waals surface area contributed by atoms with Crippen molar-refractivity contribution in [2.24, 2.45) is 0 Å². The van der Waals surface area contributed by atoms with E-state index in [9.17, 15) is 9.50 Å². The average molecular weight is 343 g/mol. The number of aliphatic hydroxyl groups excluding tert-OH is 1. The maximum absolute atomic E-state index is 14.2. The molecule has 0 aliphatic carbocycles. The molecule has 25 heavy (non-hydrogen) atoms. The van der Waals surface area contributed by atoms with Crippen molar-refractivity contribution in [3.63, 3.8) is 0 Å². The first-order chi connectivity index (χ1) is 12.1. The SMILES string of the molecule is Cc1ccc(-c2cc(F)c3cnc(N[C@@H]4CCOC[C@H]4O)nn23)nc1. The van der Waals surface area contributed by atoms with Crippen LogP contribution in [0.15, 0.2) is 30.6 Å². The second-order valence-electron chi connectivity index (χ2n) is 6.16. The van der Waals surface area contributed by atoms with E-state index in [1.165, 1.54) is 16.8 Å². The number of ether oxygens (including phenoxy) is 1. The van der Waals surface area contributed by atoms with Gasteiger partial charge in [0.15, 0.2) is 5.82 Å². The number of pyridine rings is 1. The van der Waals surface area contributed by atoms with Gasteiger partial charge in [0.25, 0.3) is 0 Å². The number of halogens is 1. The molecule has 0 bridgehead atoms. The van der Waals surface area contributed by atoms with Crippen molar-refractivity contribution in [3.05, 3.63) is 42.0 Å². The number of aliphatic hydroxyl groups is 1. The highest BCUT2D eigenvalue weighted by Crippen LogP contribution is 2.24. The molecule has 1 saturated heterocycles. The molecule has 0 radical (unpaired) electrons. The predicted molar refractivity (Wildman–Crippen MR) is 89.8 cm³/mol. The fourth-order valence-corrected chi connectivity index (χ4v) is 2.88. The van der Waals surface area contributed by atoms with E-state index in [0.717, 1.165) is 5.56 Å². The molecule has 3 aromatic heterocycles. The van der Waals surface area contributed by atoms with Crippen LogP contribution in [0.4, 0.5) is 10.3 Å². The average Bonchev–Trinajstić information content (AvgIpc) is 2.94. The lowest BCUT2D eigenvalue weighted by Gasteiger charge is -2.28. The van der Waals surface area contributed by atoms with Crippen LogP contribution in [-0.2, 0) is 4.74 Å². The van der Waals surface area contributed by atoms with E-state index in [4.69, 9.17) is 4.74 Å². The number of fused-ring (bicyclic) bond motifs is 1. The highest BCUT2D eigenvalue weighted by molar-refractivity contribution is 5.64. The van der Waals surface area contributed by atoms with Crippen LogP contribution in [0.25, 0.3) is 16.9 Å². The number of aromatic nitrogens is 4. The lowest BCUT2D eigenvalue weighted by atomic mass is 10.1. The van der Waals surface area contributed by atoms with Crippen molar-refractivity contribution >= 4 is 11.5 Å². The molecular weight excluding hydrogens is 325 g/mol. The monoisotopic (exact) mass is 343 g/mol. The van der Waals surface area contributed by atoms with Crippen LogP contribution in [0.2, 0.25) is 0 Å². The molecule has 1 fully saturated rings. The van der Waals surface area contributed by atoms with Crippen molar-refractivity contribution in [2.75, 3.05) is 18.5 Å². The summed E-state index contributed by atoms with van der Waals surface area (Å²) in [5.41, 5.74) is 2.47. The van der Waals surface area contributed by atoms with Gasteiger partial charge in [-0.15, -0.1) is 5.10 Å². The van der Waals surface area contributed by atoms with Crippen LogP contribution >= 0.6 is 0 Å². The molecule has 3 aromatic rings. The van der Waals surface area contributed by atoms with E-state index in [0.29, 0.717) is 30.4 Å². The standard InChI is InChI=1S/C17H18FN5O2/c1-10-2-3-12(19-7-10)14-6-11(18)15-8-20-17(22-23(14)15)21-13-4-5-25-9-16(13)24/h2-3,6-8,13,16,24H,4-5,9H2,1H3,(H,21,22)/t13-,16-/m1/s1. The first-order valence-corrected chi connectivity index (χ1v) is 8.11. The number of anilines is 1. The molecule has 0 aromatic carbocycles. The lowest BCUT2D eigenvalue weighted by molar-refractivity contribution is -0.0136. The second kappa shape index (κ2) is 6.38. The number of hydrogen-bond donors (Lipinski definition) is 2. The van der Waals surface area contributed by atoms with Crippen LogP contribution in [-0.4, -0.2) is 50.0 Å². The summed E-state index contributed by atoms with van der Waals surface area (Å²) < 4.78 is 20.9. The van der Waals surface area contributed by atoms with Crippen molar-refractivity contribution in [3.8, 4) is 11.4 Å². The van der Waals surface area contributed by atoms with Gasteiger partial charge in [0.1, 0.15) is 5.52 Å². The van der Waals surface area contributed by atoms with Gasteiger partial charge in [-0.1, -0.05) is 6.07 Å². The highest BCUT2D eigenvalue weighted by atomic mass is 19.1. The number of aryl methyl sites for hydroxylation is 1. The quantitative estimate of drug-likeness (QED) is 0.754. The van der Waals surface area contributed by atoms with Gasteiger partial charge in [0, 0.05) is 18.9 Å². The molecule has 2 atom stereocenters. The maximum Gasteiger partial charge on any atom is 0.241 e. The van der Waals surface area contributed by atoms with E-state index in [-0.39, 0.29) is 18.2 Å². The molecular formula is C17H18FN5O2. The Balaban J connectivity index is 1.71. The summed E-state index contributed by atoms with van der Waals surface area (Å²) in [6.07, 6.45) is 3.17. The summed E-state index contributed by atoms with van der Waals surface area (Å²) in [5.74, 6) is -0.0857. The third-order valence-electron chi connectivity index (χ3n) is 4.28. The van der Waals surface area contributed by atoms with Gasteiger partial charge in [0.05, 0.1) is 36.3 Å². The molecule has 2 N–H and O–H groups in total. The van der Waals surface area contributed by atoms with Crippen LogP contribution in [0.3, 0.4) is 0 Å². The Morgan fingerprint density at radius 3 is 2.96 bits per heavy atom. The fraction of sp³-hybridized carbons (Fsp3) is 0.353. The summed E-state index contributed by atoms with van der Waals surface area (Å²) in [5, 5.41) is 17.5. The Morgan fingerprint density at radius 2 is 2.20 bits per heavy atom. The Hall–Kier alpha value is -2.58. The number of rotatable bonds is 3. The Kier molecular flexibility index (Phi) is 4.06. The zero-order chi connectivity index (χ0) is 17.4. The largest absolute Gasteiger partial charge is 0.389 e. The molecule has 7 nitrogen and oxygen atoms in total. The van der Waals surface area contributed by atoms with E-state index in [1.54, 1.807) is 6.20 Å². The molecule has 130 valence electrons. The van der Waals surface area contributed by atoms with Crippen molar-refractivity contribution in [1.29, 1.82) is 0 Å². The Morgan fingerprint density at radius 1 is 1.32 bits per heavy atom. The normalized spacial score (nSPS) is 20.8. The van der Waals surface area contributed by atoms with Crippen LogP contribution in [0, 0.1) is 12.7 Å². The third kappa shape index (κ3) is 3.06. The minimum atomic E-state index is -0.632. The molecule has 4 heterocycles. The molecule has 8 heteroatoms. The minimum absolute atomic E-state index is 0.201. The summed E-state index contributed by atoms with van der Waals surface area (Å²) in [6, 6.07) is 4.94. The molecule has 0 amide bonds. The molecule has 1 aliphatic rings. The smallest absolute Gasteiger partial charge is 0.241 e. The van der Waals surface area contributed by atoms with Crippen molar-refractivity contribution in [1.82, 2.24) is 19.6 Å². The molecule has 0 saturated carbocycles. The van der Waals surface area contributed by atoms with Gasteiger partial charge < -0.3 is 15.2 Å². The number of hydrogen-bond acceptors (Lipinski definition) is 6. The fourth-order valence-electron chi connectivity index (χ4n) is 2.88. The molecule has 1 aliphatic heterocycles. The van der Waals surface area contributed by atoms with E-state index in [1.807, 2.05) is 19.1 Å². The zero-order valence-electron chi connectivity index (χ0n) is 13.7. The molecule has 0 spiro atoms.